The number of rotatable bonds is 13. The summed E-state index contributed by atoms with van der Waals surface area (Å²) < 4.78 is 5.10. The lowest BCUT2D eigenvalue weighted by molar-refractivity contribution is -0.137. The van der Waals surface area contributed by atoms with Gasteiger partial charge < -0.3 is 25.6 Å². The number of carboxylic acids is 1. The van der Waals surface area contributed by atoms with E-state index in [1.165, 1.54) is 17.3 Å². The van der Waals surface area contributed by atoms with Crippen molar-refractivity contribution in [3.63, 3.8) is 0 Å². The van der Waals surface area contributed by atoms with Crippen molar-refractivity contribution in [2.75, 3.05) is 11.4 Å². The maximum Gasteiger partial charge on any atom is 0.303 e. The summed E-state index contributed by atoms with van der Waals surface area (Å²) in [6.45, 7) is 5.31. The number of carbonyl (C=O) groups excluding carboxylic acids is 3. The van der Waals surface area contributed by atoms with E-state index in [-0.39, 0.29) is 37.5 Å². The van der Waals surface area contributed by atoms with E-state index < -0.39 is 34.7 Å². The zero-order valence-electron chi connectivity index (χ0n) is 24.2. The molecule has 2 aromatic heterocycles. The Balaban J connectivity index is 0.000000639. The highest BCUT2D eigenvalue weighted by Crippen LogP contribution is 2.25. The van der Waals surface area contributed by atoms with Crippen LogP contribution in [0.3, 0.4) is 0 Å². The van der Waals surface area contributed by atoms with Crippen molar-refractivity contribution in [3.05, 3.63) is 64.4 Å². The third-order valence-corrected chi connectivity index (χ3v) is 7.49. The van der Waals surface area contributed by atoms with Crippen molar-refractivity contribution in [1.82, 2.24) is 15.5 Å². The van der Waals surface area contributed by atoms with Crippen molar-refractivity contribution in [2.45, 2.75) is 57.0 Å². The van der Waals surface area contributed by atoms with Crippen LogP contribution < -0.4 is 16.0 Å². The van der Waals surface area contributed by atoms with Crippen molar-refractivity contribution in [2.24, 2.45) is 11.7 Å². The molecule has 15 heteroatoms. The smallest absolute Gasteiger partial charge is 0.303 e. The molecule has 4 N–H and O–H groups in total. The van der Waals surface area contributed by atoms with Gasteiger partial charge in [-0.15, -0.1) is 0 Å². The number of halogens is 4. The van der Waals surface area contributed by atoms with E-state index in [0.29, 0.717) is 17.1 Å². The zero-order valence-corrected chi connectivity index (χ0v) is 27.2. The molecule has 2 unspecified atom stereocenters. The van der Waals surface area contributed by atoms with E-state index in [4.69, 9.17) is 61.8 Å². The molecule has 0 radical (unpaired) electrons. The Morgan fingerprint density at radius 2 is 1.70 bits per heavy atom. The van der Waals surface area contributed by atoms with Gasteiger partial charge in [-0.05, 0) is 49.1 Å². The molecule has 2 amide bonds. The van der Waals surface area contributed by atoms with E-state index in [1.807, 2.05) is 25.1 Å². The molecule has 3 rings (SSSR count). The van der Waals surface area contributed by atoms with Crippen LogP contribution in [0.1, 0.15) is 38.7 Å². The maximum absolute atomic E-state index is 13.0. The minimum Gasteiger partial charge on any atom is -0.481 e. The molecule has 0 aliphatic heterocycles. The lowest BCUT2D eigenvalue weighted by Gasteiger charge is -2.26. The molecule has 238 valence electrons. The number of nitrogens with zero attached hydrogens (tertiary/aromatic N) is 3. The molecule has 11 nitrogen and oxygen atoms in total. The van der Waals surface area contributed by atoms with E-state index in [9.17, 15) is 19.2 Å². The van der Waals surface area contributed by atoms with Gasteiger partial charge in [0.1, 0.15) is 5.69 Å². The van der Waals surface area contributed by atoms with E-state index in [1.54, 1.807) is 32.0 Å². The summed E-state index contributed by atoms with van der Waals surface area (Å²) in [5.74, 6) is -2.59. The Kier molecular flexibility index (Phi) is 15.1. The lowest BCUT2D eigenvalue weighted by Crippen LogP contribution is -2.51. The van der Waals surface area contributed by atoms with Crippen molar-refractivity contribution < 1.29 is 28.8 Å². The predicted octanol–water partition coefficient (Wildman–Crippen LogP) is 5.47. The van der Waals surface area contributed by atoms with Crippen molar-refractivity contribution >= 4 is 75.7 Å². The Hall–Kier alpha value is -3.22. The number of nitrogens with one attached hydrogen (secondary N) is 1. The molecular weight excluding hydrogens is 656 g/mol. The number of hydrogen-bond donors (Lipinski definition) is 3. The van der Waals surface area contributed by atoms with E-state index >= 15 is 0 Å². The monoisotopic (exact) mass is 687 g/mol. The molecular formula is C29H33Cl4N5O6. The Labute approximate surface area is 275 Å². The second-order valence-corrected chi connectivity index (χ2v) is 11.8. The van der Waals surface area contributed by atoms with Gasteiger partial charge >= 0.3 is 5.97 Å². The Morgan fingerprint density at radius 3 is 2.23 bits per heavy atom. The molecule has 2 heterocycles. The molecule has 1 aromatic carbocycles. The summed E-state index contributed by atoms with van der Waals surface area (Å²) in [6.07, 6.45) is 2.45. The molecule has 0 fully saturated rings. The third-order valence-electron chi connectivity index (χ3n) is 6.30. The fourth-order valence-corrected chi connectivity index (χ4v) is 4.44. The first-order valence-corrected chi connectivity index (χ1v) is 15.0. The van der Waals surface area contributed by atoms with Gasteiger partial charge in [-0.3, -0.25) is 24.2 Å². The van der Waals surface area contributed by atoms with E-state index in [0.717, 1.165) is 15.6 Å². The molecule has 0 bridgehead atoms. The Bertz CT molecular complexity index is 1400. The van der Waals surface area contributed by atoms with Crippen LogP contribution >= 0.6 is 46.4 Å². The largest absolute Gasteiger partial charge is 0.481 e. The summed E-state index contributed by atoms with van der Waals surface area (Å²) in [6, 6.07) is 8.25. The highest BCUT2D eigenvalue weighted by Gasteiger charge is 2.29. The molecule has 0 saturated carbocycles. The van der Waals surface area contributed by atoms with Crippen LogP contribution in [0.4, 0.5) is 5.69 Å². The standard InChI is InChI=1S/C22H27Cl2N5O6.C7H6Cl2/c1-12(2)19(28-21(33)14(25)3-4-18(31)32)16(30)7-10-29(22(34)20(23)24)13-5-8-26-15(11-13)17-6-9-27-35-17;1-5-6(8)3-2-4-7(5)9/h5-6,8-9,11-12,14,19-20H,3-4,7,10,25H2,1-2H3,(H,28,33)(H,31,32);2-4H,1H3. The van der Waals surface area contributed by atoms with Crippen molar-refractivity contribution in [3.8, 4) is 11.5 Å². The van der Waals surface area contributed by atoms with Crippen LogP contribution in [0.5, 0.6) is 0 Å². The van der Waals surface area contributed by atoms with Crippen LogP contribution in [0.15, 0.2) is 53.3 Å². The van der Waals surface area contributed by atoms with Gasteiger partial charge in [0.05, 0.1) is 18.3 Å². The van der Waals surface area contributed by atoms with Crippen LogP contribution in [0.2, 0.25) is 10.0 Å². The quantitative estimate of drug-likeness (QED) is 0.197. The van der Waals surface area contributed by atoms with Crippen LogP contribution in [-0.4, -0.2) is 62.3 Å². The van der Waals surface area contributed by atoms with Gasteiger partial charge in [0.15, 0.2) is 16.4 Å². The number of hydrogen-bond acceptors (Lipinski definition) is 8. The summed E-state index contributed by atoms with van der Waals surface area (Å²) in [5.41, 5.74) is 7.49. The van der Waals surface area contributed by atoms with Crippen LogP contribution in [0, 0.1) is 12.8 Å². The fourth-order valence-electron chi connectivity index (χ4n) is 3.80. The molecule has 44 heavy (non-hydrogen) atoms. The number of anilines is 1. The number of benzene rings is 1. The number of alkyl halides is 2. The average molecular weight is 689 g/mol. The third kappa shape index (κ3) is 11.4. The highest BCUT2D eigenvalue weighted by atomic mass is 35.5. The number of carboxylic acid groups (broad SMARTS) is 1. The number of aromatic nitrogens is 2. The topological polar surface area (TPSA) is 169 Å². The van der Waals surface area contributed by atoms with Gasteiger partial charge in [0, 0.05) is 47.4 Å². The fraction of sp³-hybridized carbons (Fsp3) is 0.379. The van der Waals surface area contributed by atoms with E-state index in [2.05, 4.69) is 15.5 Å². The molecule has 0 aliphatic carbocycles. The Morgan fingerprint density at radius 1 is 1.05 bits per heavy atom. The molecule has 2 atom stereocenters. The van der Waals surface area contributed by atoms with Gasteiger partial charge in [-0.25, -0.2) is 0 Å². The van der Waals surface area contributed by atoms with Gasteiger partial charge in [-0.2, -0.15) is 0 Å². The minimum absolute atomic E-state index is 0.0646. The molecule has 3 aromatic rings. The number of amides is 2. The maximum atomic E-state index is 13.0. The van der Waals surface area contributed by atoms with Gasteiger partial charge in [0.25, 0.3) is 5.91 Å². The zero-order chi connectivity index (χ0) is 33.0. The lowest BCUT2D eigenvalue weighted by atomic mass is 9.97. The van der Waals surface area contributed by atoms with Gasteiger partial charge in [0.2, 0.25) is 5.91 Å². The number of pyridine rings is 1. The van der Waals surface area contributed by atoms with Crippen LogP contribution in [-0.2, 0) is 19.2 Å². The number of nitrogens with two attached hydrogens (primary N) is 1. The first kappa shape index (κ1) is 37.0. The second kappa shape index (κ2) is 17.9. The normalized spacial score (nSPS) is 12.2. The summed E-state index contributed by atoms with van der Waals surface area (Å²) in [4.78, 5) is 52.9. The average Bonchev–Trinajstić information content (AvgIpc) is 3.52. The number of ketones is 1. The SMILES string of the molecule is CC(C)C(NC(=O)C(N)CCC(=O)O)C(=O)CCN(C(=O)C(Cl)Cl)c1ccnc(-c2ccno2)c1.Cc1c(Cl)cccc1Cl. The first-order valence-electron chi connectivity index (χ1n) is 13.4. The summed E-state index contributed by atoms with van der Waals surface area (Å²) in [5, 5.41) is 16.4. The summed E-state index contributed by atoms with van der Waals surface area (Å²) >= 11 is 23.1. The highest BCUT2D eigenvalue weighted by molar-refractivity contribution is 6.54. The summed E-state index contributed by atoms with van der Waals surface area (Å²) in [7, 11) is 0. The van der Waals surface area contributed by atoms with Gasteiger partial charge in [-0.1, -0.05) is 71.5 Å². The van der Waals surface area contributed by atoms with Crippen LogP contribution in [0.25, 0.3) is 11.5 Å². The minimum atomic E-state index is -1.38. The number of aliphatic carboxylic acids is 1. The first-order chi connectivity index (χ1) is 20.7. The molecule has 0 spiro atoms. The number of carbonyl (C=O) groups is 4. The predicted molar refractivity (Wildman–Crippen MR) is 170 cm³/mol. The molecule has 0 saturated heterocycles. The van der Waals surface area contributed by atoms with Crippen molar-refractivity contribution in [1.29, 1.82) is 0 Å². The number of Topliss-reactive ketones (excluding diaryl/α,β-unsaturated/α-hetero) is 1. The second-order valence-electron chi connectivity index (χ2n) is 9.90. The molecule has 0 aliphatic rings.